The molecule has 3 heterocycles. The first kappa shape index (κ1) is 26.1. The van der Waals surface area contributed by atoms with Crippen molar-refractivity contribution in [3.8, 4) is 17.0 Å². The van der Waals surface area contributed by atoms with Gasteiger partial charge in [-0.1, -0.05) is 36.9 Å². The summed E-state index contributed by atoms with van der Waals surface area (Å²) in [6, 6.07) is 7.14. The zero-order chi connectivity index (χ0) is 28.1. The molecular weight excluding hydrogens is 540 g/mol. The number of fused-ring (bicyclic) bond motifs is 2. The van der Waals surface area contributed by atoms with Gasteiger partial charge in [-0.05, 0) is 44.0 Å². The minimum absolute atomic E-state index is 0.0528. The van der Waals surface area contributed by atoms with E-state index in [0.717, 1.165) is 32.1 Å². The Morgan fingerprint density at radius 3 is 2.60 bits per heavy atom. The van der Waals surface area contributed by atoms with E-state index in [1.165, 1.54) is 30.3 Å². The van der Waals surface area contributed by atoms with E-state index in [-0.39, 0.29) is 39.8 Å². The third kappa shape index (κ3) is 4.07. The lowest BCUT2D eigenvalue weighted by atomic mass is 9.94. The van der Waals surface area contributed by atoms with E-state index in [1.54, 1.807) is 22.8 Å². The quantitative estimate of drug-likeness (QED) is 0.285. The molecular formula is C28H26ClF2N7O2. The SMILES string of the molecule is COc1ccc(-c2nn(C(C)c3nc4cccc(Cl)c4c(=O)n3C3CCCCC3)c3ncnc(N)c23)c(F)c1F. The Kier molecular flexibility index (Phi) is 6.61. The molecule has 40 heavy (non-hydrogen) atoms. The van der Waals surface area contributed by atoms with Crippen LogP contribution < -0.4 is 16.0 Å². The van der Waals surface area contributed by atoms with Crippen molar-refractivity contribution in [2.75, 3.05) is 12.8 Å². The standard InChI is InChI=1S/C28H26ClF2N7O2/c1-14(26-35-18-10-6-9-17(29)20(18)28(39)37(26)15-7-4-3-5-8-15)38-27-21(25(32)33-13-34-27)24(36-38)16-11-12-19(40-2)23(31)22(16)30/h6,9-15H,3-5,7-8H2,1-2H3,(H2,32,33,34). The van der Waals surface area contributed by atoms with E-state index in [2.05, 4.69) is 15.1 Å². The highest BCUT2D eigenvalue weighted by atomic mass is 35.5. The van der Waals surface area contributed by atoms with Crippen molar-refractivity contribution in [1.82, 2.24) is 29.3 Å². The Hall–Kier alpha value is -4.12. The number of halogens is 3. The van der Waals surface area contributed by atoms with Gasteiger partial charge >= 0.3 is 0 Å². The number of anilines is 1. The highest BCUT2D eigenvalue weighted by Crippen LogP contribution is 2.37. The van der Waals surface area contributed by atoms with Crippen LogP contribution in [0.4, 0.5) is 14.6 Å². The Balaban J connectivity index is 1.61. The van der Waals surface area contributed by atoms with Gasteiger partial charge in [0.2, 0.25) is 5.82 Å². The predicted molar refractivity (Wildman–Crippen MR) is 149 cm³/mol. The van der Waals surface area contributed by atoms with Crippen LogP contribution in [-0.2, 0) is 0 Å². The molecule has 0 bridgehead atoms. The van der Waals surface area contributed by atoms with Gasteiger partial charge in [0.1, 0.15) is 29.7 Å². The molecule has 0 radical (unpaired) electrons. The van der Waals surface area contributed by atoms with E-state index < -0.39 is 17.7 Å². The smallest absolute Gasteiger partial charge is 0.263 e. The number of nitrogens with zero attached hydrogens (tertiary/aromatic N) is 6. The van der Waals surface area contributed by atoms with Crippen LogP contribution in [0.25, 0.3) is 33.2 Å². The second-order valence-electron chi connectivity index (χ2n) is 9.94. The molecule has 1 aliphatic rings. The second-order valence-corrected chi connectivity index (χ2v) is 10.3. The van der Waals surface area contributed by atoms with Gasteiger partial charge in [-0.25, -0.2) is 24.0 Å². The highest BCUT2D eigenvalue weighted by molar-refractivity contribution is 6.35. The van der Waals surface area contributed by atoms with Crippen molar-refractivity contribution in [3.05, 3.63) is 69.5 Å². The van der Waals surface area contributed by atoms with Crippen molar-refractivity contribution in [3.63, 3.8) is 0 Å². The monoisotopic (exact) mass is 565 g/mol. The maximum atomic E-state index is 15.2. The first-order valence-corrected chi connectivity index (χ1v) is 13.4. The Bertz CT molecular complexity index is 1830. The molecule has 6 rings (SSSR count). The third-order valence-corrected chi connectivity index (χ3v) is 7.94. The topological polar surface area (TPSA) is 114 Å². The van der Waals surface area contributed by atoms with Crippen LogP contribution in [0.1, 0.15) is 56.9 Å². The summed E-state index contributed by atoms with van der Waals surface area (Å²) in [6.07, 6.45) is 6.02. The summed E-state index contributed by atoms with van der Waals surface area (Å²) in [5.41, 5.74) is 6.69. The van der Waals surface area contributed by atoms with Crippen LogP contribution in [0.3, 0.4) is 0 Å². The fourth-order valence-corrected chi connectivity index (χ4v) is 5.89. The molecule has 0 aliphatic heterocycles. The number of rotatable bonds is 5. The first-order chi connectivity index (χ1) is 19.3. The summed E-state index contributed by atoms with van der Waals surface area (Å²) in [4.78, 5) is 27.3. The summed E-state index contributed by atoms with van der Waals surface area (Å²) in [7, 11) is 1.25. The Labute approximate surface area is 232 Å². The van der Waals surface area contributed by atoms with Gasteiger partial charge in [0.05, 0.1) is 28.4 Å². The van der Waals surface area contributed by atoms with Crippen LogP contribution >= 0.6 is 11.6 Å². The summed E-state index contributed by atoms with van der Waals surface area (Å²) in [5, 5.41) is 5.63. The maximum Gasteiger partial charge on any atom is 0.263 e. The minimum Gasteiger partial charge on any atom is -0.494 e. The first-order valence-electron chi connectivity index (χ1n) is 13.0. The average Bonchev–Trinajstić information content (AvgIpc) is 3.35. The summed E-state index contributed by atoms with van der Waals surface area (Å²) in [6.45, 7) is 1.83. The molecule has 1 atom stereocenters. The van der Waals surface area contributed by atoms with Crippen molar-refractivity contribution in [1.29, 1.82) is 0 Å². The number of aromatic nitrogens is 6. The van der Waals surface area contributed by atoms with Gasteiger partial charge in [0.15, 0.2) is 17.2 Å². The van der Waals surface area contributed by atoms with E-state index in [4.69, 9.17) is 27.1 Å². The van der Waals surface area contributed by atoms with Crippen LogP contribution in [0.15, 0.2) is 41.5 Å². The zero-order valence-electron chi connectivity index (χ0n) is 21.9. The van der Waals surface area contributed by atoms with Crippen molar-refractivity contribution >= 4 is 39.4 Å². The fourth-order valence-electron chi connectivity index (χ4n) is 5.64. The Morgan fingerprint density at radius 2 is 1.85 bits per heavy atom. The van der Waals surface area contributed by atoms with Gasteiger partial charge in [0.25, 0.3) is 5.56 Å². The second kappa shape index (κ2) is 10.1. The summed E-state index contributed by atoms with van der Waals surface area (Å²) >= 11 is 6.46. The molecule has 0 spiro atoms. The van der Waals surface area contributed by atoms with Crippen LogP contribution in [-0.4, -0.2) is 36.4 Å². The molecule has 2 N–H and O–H groups in total. The van der Waals surface area contributed by atoms with Gasteiger partial charge in [-0.3, -0.25) is 9.36 Å². The lowest BCUT2D eigenvalue weighted by molar-refractivity contribution is 0.326. The number of ether oxygens (including phenoxy) is 1. The number of benzene rings is 2. The van der Waals surface area contributed by atoms with Crippen molar-refractivity contribution < 1.29 is 13.5 Å². The fraction of sp³-hybridized carbons (Fsp3) is 0.321. The molecule has 206 valence electrons. The minimum atomic E-state index is -1.15. The molecule has 9 nitrogen and oxygen atoms in total. The van der Waals surface area contributed by atoms with Crippen LogP contribution in [0, 0.1) is 11.6 Å². The van der Waals surface area contributed by atoms with Gasteiger partial charge in [-0.2, -0.15) is 9.49 Å². The molecule has 1 unspecified atom stereocenters. The molecule has 0 amide bonds. The number of methoxy groups -OCH3 is 1. The number of nitrogen functional groups attached to an aromatic ring is 1. The number of hydrogen-bond donors (Lipinski definition) is 1. The lowest BCUT2D eigenvalue weighted by Crippen LogP contribution is -2.33. The molecule has 12 heteroatoms. The molecule has 2 aromatic carbocycles. The van der Waals surface area contributed by atoms with Crippen molar-refractivity contribution in [2.45, 2.75) is 51.1 Å². The molecule has 1 fully saturated rings. The van der Waals surface area contributed by atoms with Crippen LogP contribution in [0.2, 0.25) is 5.02 Å². The average molecular weight is 566 g/mol. The molecule has 0 saturated heterocycles. The summed E-state index contributed by atoms with van der Waals surface area (Å²) in [5.74, 6) is -2.01. The molecule has 3 aromatic heterocycles. The molecule has 1 saturated carbocycles. The highest BCUT2D eigenvalue weighted by Gasteiger charge is 2.29. The van der Waals surface area contributed by atoms with Crippen LogP contribution in [0.5, 0.6) is 5.75 Å². The third-order valence-electron chi connectivity index (χ3n) is 7.63. The molecule has 5 aromatic rings. The summed E-state index contributed by atoms with van der Waals surface area (Å²) < 4.78 is 38.1. The van der Waals surface area contributed by atoms with E-state index >= 15 is 4.39 Å². The van der Waals surface area contributed by atoms with E-state index in [9.17, 15) is 9.18 Å². The van der Waals surface area contributed by atoms with Gasteiger partial charge < -0.3 is 10.5 Å². The zero-order valence-corrected chi connectivity index (χ0v) is 22.6. The van der Waals surface area contributed by atoms with Gasteiger partial charge in [0, 0.05) is 11.6 Å². The molecule has 1 aliphatic carbocycles. The predicted octanol–water partition coefficient (Wildman–Crippen LogP) is 5.84. The lowest BCUT2D eigenvalue weighted by Gasteiger charge is -2.28. The van der Waals surface area contributed by atoms with E-state index in [0.29, 0.717) is 27.4 Å². The largest absolute Gasteiger partial charge is 0.494 e. The maximum absolute atomic E-state index is 15.2. The number of hydrogen-bond acceptors (Lipinski definition) is 7. The van der Waals surface area contributed by atoms with Crippen molar-refractivity contribution in [2.24, 2.45) is 0 Å². The normalized spacial score (nSPS) is 15.1. The Morgan fingerprint density at radius 1 is 1.07 bits per heavy atom. The number of nitrogens with two attached hydrogens (primary N) is 1. The van der Waals surface area contributed by atoms with E-state index in [1.807, 2.05) is 6.92 Å². The van der Waals surface area contributed by atoms with Gasteiger partial charge in [-0.15, -0.1) is 0 Å².